The van der Waals surface area contributed by atoms with E-state index >= 15 is 0 Å². The first-order valence-corrected chi connectivity index (χ1v) is 9.45. The van der Waals surface area contributed by atoms with E-state index in [4.69, 9.17) is 0 Å². The van der Waals surface area contributed by atoms with Crippen molar-refractivity contribution in [1.82, 2.24) is 14.9 Å². The van der Waals surface area contributed by atoms with Gasteiger partial charge in [-0.3, -0.25) is 4.79 Å². The minimum Gasteiger partial charge on any atom is -0.356 e. The zero-order valence-corrected chi connectivity index (χ0v) is 16.2. The molecule has 0 radical (unpaired) electrons. The first kappa shape index (κ1) is 18.6. The second kappa shape index (κ2) is 8.45. The number of amides is 1. The number of halogens is 2. The zero-order chi connectivity index (χ0) is 18.5. The Hall–Kier alpha value is -2.21. The topological polar surface area (TPSA) is 46.9 Å². The number of carbonyl (C=O) groups is 1. The summed E-state index contributed by atoms with van der Waals surface area (Å²) in [6.07, 6.45) is 2.29. The third kappa shape index (κ3) is 4.49. The van der Waals surface area contributed by atoms with Gasteiger partial charge in [-0.05, 0) is 42.7 Å². The lowest BCUT2D eigenvalue weighted by Gasteiger charge is -2.07. The summed E-state index contributed by atoms with van der Waals surface area (Å²) >= 11 is 3.23. The van der Waals surface area contributed by atoms with Crippen molar-refractivity contribution in [2.24, 2.45) is 7.05 Å². The van der Waals surface area contributed by atoms with Gasteiger partial charge in [-0.1, -0.05) is 34.1 Å². The van der Waals surface area contributed by atoms with E-state index in [1.54, 1.807) is 12.1 Å². The van der Waals surface area contributed by atoms with E-state index in [-0.39, 0.29) is 18.1 Å². The number of hydrogen-bond acceptors (Lipinski definition) is 2. The van der Waals surface area contributed by atoms with Crippen molar-refractivity contribution in [3.63, 3.8) is 0 Å². The molecule has 0 bridgehead atoms. The van der Waals surface area contributed by atoms with E-state index < -0.39 is 0 Å². The highest BCUT2D eigenvalue weighted by Gasteiger charge is 2.08. The number of aryl methyl sites for hydroxylation is 3. The Labute approximate surface area is 160 Å². The third-order valence-electron chi connectivity index (χ3n) is 4.42. The maximum atomic E-state index is 13.7. The Morgan fingerprint density at radius 1 is 1.23 bits per heavy atom. The summed E-state index contributed by atoms with van der Waals surface area (Å²) in [7, 11) is 2.01. The lowest BCUT2D eigenvalue weighted by molar-refractivity contribution is -0.121. The molecule has 0 saturated heterocycles. The van der Waals surface area contributed by atoms with Crippen LogP contribution in [0.25, 0.3) is 11.0 Å². The lowest BCUT2D eigenvalue weighted by Crippen LogP contribution is -2.25. The van der Waals surface area contributed by atoms with Crippen LogP contribution in [0.4, 0.5) is 4.39 Å². The fourth-order valence-electron chi connectivity index (χ4n) is 2.95. The van der Waals surface area contributed by atoms with E-state index in [9.17, 15) is 9.18 Å². The molecule has 0 spiro atoms. The van der Waals surface area contributed by atoms with Crippen molar-refractivity contribution in [2.45, 2.75) is 25.7 Å². The summed E-state index contributed by atoms with van der Waals surface area (Å²) in [5, 5.41) is 2.90. The molecule has 0 saturated carbocycles. The summed E-state index contributed by atoms with van der Waals surface area (Å²) in [6.45, 7) is 0.588. The zero-order valence-electron chi connectivity index (χ0n) is 14.6. The highest BCUT2D eigenvalue weighted by molar-refractivity contribution is 9.10. The Morgan fingerprint density at radius 2 is 2.04 bits per heavy atom. The molecular weight excluding hydrogens is 397 g/mol. The van der Waals surface area contributed by atoms with E-state index in [1.807, 2.05) is 25.2 Å². The monoisotopic (exact) mass is 417 g/mol. The maximum absolute atomic E-state index is 13.7. The first-order valence-electron chi connectivity index (χ1n) is 8.65. The van der Waals surface area contributed by atoms with Crippen LogP contribution in [0, 0.1) is 5.82 Å². The van der Waals surface area contributed by atoms with Crippen LogP contribution in [0.2, 0.25) is 0 Å². The van der Waals surface area contributed by atoms with Gasteiger partial charge >= 0.3 is 0 Å². The van der Waals surface area contributed by atoms with E-state index in [2.05, 4.69) is 36.9 Å². The molecule has 3 aromatic rings. The van der Waals surface area contributed by atoms with Crippen molar-refractivity contribution in [2.75, 3.05) is 6.54 Å². The van der Waals surface area contributed by atoms with Gasteiger partial charge in [0.15, 0.2) is 0 Å². The Kier molecular flexibility index (Phi) is 6.04. The molecule has 6 heteroatoms. The van der Waals surface area contributed by atoms with Gasteiger partial charge in [0.05, 0.1) is 11.0 Å². The molecule has 2 aromatic carbocycles. The Morgan fingerprint density at radius 3 is 2.81 bits per heavy atom. The predicted molar refractivity (Wildman–Crippen MR) is 104 cm³/mol. The number of nitrogens with zero attached hydrogens (tertiary/aromatic N) is 2. The number of fused-ring (bicyclic) bond motifs is 1. The minimum absolute atomic E-state index is 0.0580. The Balaban J connectivity index is 1.43. The Bertz CT molecular complexity index is 923. The molecule has 1 heterocycles. The molecule has 0 atom stereocenters. The molecule has 3 rings (SSSR count). The van der Waals surface area contributed by atoms with Gasteiger partial charge in [0.1, 0.15) is 11.6 Å². The minimum atomic E-state index is -0.283. The number of hydrogen-bond donors (Lipinski definition) is 1. The molecule has 4 nitrogen and oxygen atoms in total. The summed E-state index contributed by atoms with van der Waals surface area (Å²) in [4.78, 5) is 16.6. The first-order chi connectivity index (χ1) is 12.5. The number of imidazole rings is 1. The van der Waals surface area contributed by atoms with Crippen LogP contribution in [0.3, 0.4) is 0 Å². The number of nitrogens with one attached hydrogen (secondary N) is 1. The largest absolute Gasteiger partial charge is 0.356 e. The highest BCUT2D eigenvalue weighted by Crippen LogP contribution is 2.17. The van der Waals surface area contributed by atoms with Gasteiger partial charge in [0, 0.05) is 30.9 Å². The molecule has 0 aliphatic heterocycles. The van der Waals surface area contributed by atoms with Crippen LogP contribution in [-0.4, -0.2) is 22.0 Å². The van der Waals surface area contributed by atoms with Crippen LogP contribution >= 0.6 is 15.9 Å². The average Bonchev–Trinajstić information content (AvgIpc) is 2.94. The van der Waals surface area contributed by atoms with Crippen molar-refractivity contribution >= 4 is 32.9 Å². The van der Waals surface area contributed by atoms with Gasteiger partial charge in [-0.25, -0.2) is 9.37 Å². The molecule has 1 N–H and O–H groups in total. The van der Waals surface area contributed by atoms with Crippen molar-refractivity contribution < 1.29 is 9.18 Å². The second-order valence-electron chi connectivity index (χ2n) is 6.27. The van der Waals surface area contributed by atoms with Crippen molar-refractivity contribution in [3.8, 4) is 0 Å². The summed E-state index contributed by atoms with van der Waals surface area (Å²) in [5.74, 6) is 0.670. The van der Waals surface area contributed by atoms with Crippen molar-refractivity contribution in [3.05, 3.63) is 64.1 Å². The van der Waals surface area contributed by atoms with Crippen LogP contribution in [0.15, 0.2) is 46.9 Å². The third-order valence-corrected chi connectivity index (χ3v) is 4.91. The second-order valence-corrected chi connectivity index (χ2v) is 7.18. The summed E-state index contributed by atoms with van der Waals surface area (Å²) in [5.41, 5.74) is 2.66. The number of aromatic nitrogens is 2. The summed E-state index contributed by atoms with van der Waals surface area (Å²) < 4.78 is 16.5. The highest BCUT2D eigenvalue weighted by atomic mass is 79.9. The van der Waals surface area contributed by atoms with E-state index in [1.165, 1.54) is 6.07 Å². The molecular formula is C20H21BrFN3O. The fraction of sp³-hybridized carbons (Fsp3) is 0.300. The number of para-hydroxylation sites is 2. The molecule has 1 aromatic heterocycles. The molecule has 0 aliphatic rings. The normalized spacial score (nSPS) is 11.0. The fourth-order valence-corrected chi connectivity index (χ4v) is 3.29. The molecule has 0 fully saturated rings. The van der Waals surface area contributed by atoms with Crippen LogP contribution < -0.4 is 5.32 Å². The van der Waals surface area contributed by atoms with Gasteiger partial charge in [0.2, 0.25) is 5.91 Å². The standard InChI is InChI=1S/C20H21BrFN3O/c1-25-18-6-3-2-5-17(18)24-19(25)7-4-12-23-20(26)11-9-14-8-10-15(21)13-16(14)22/h2-3,5-6,8,10,13H,4,7,9,11-12H2,1H3,(H,23,26). The number of benzene rings is 2. The lowest BCUT2D eigenvalue weighted by atomic mass is 10.1. The average molecular weight is 418 g/mol. The summed E-state index contributed by atoms with van der Waals surface area (Å²) in [6, 6.07) is 12.9. The number of carbonyl (C=O) groups excluding carboxylic acids is 1. The predicted octanol–water partition coefficient (Wildman–Crippen LogP) is 4.16. The number of rotatable bonds is 7. The van der Waals surface area contributed by atoms with Crippen molar-refractivity contribution in [1.29, 1.82) is 0 Å². The van der Waals surface area contributed by atoms with Gasteiger partial charge in [-0.15, -0.1) is 0 Å². The van der Waals surface area contributed by atoms with Gasteiger partial charge in [-0.2, -0.15) is 0 Å². The molecule has 136 valence electrons. The molecule has 0 aliphatic carbocycles. The molecule has 0 unspecified atom stereocenters. The quantitative estimate of drug-likeness (QED) is 0.586. The van der Waals surface area contributed by atoms with E-state index in [0.29, 0.717) is 23.0 Å². The molecule has 1 amide bonds. The van der Waals surface area contributed by atoms with Gasteiger partial charge in [0.25, 0.3) is 0 Å². The van der Waals surface area contributed by atoms with Crippen LogP contribution in [0.5, 0.6) is 0 Å². The van der Waals surface area contributed by atoms with Gasteiger partial charge < -0.3 is 9.88 Å². The SMILES string of the molecule is Cn1c(CCCNC(=O)CCc2ccc(Br)cc2F)nc2ccccc21. The van der Waals surface area contributed by atoms with E-state index in [0.717, 1.165) is 29.7 Å². The maximum Gasteiger partial charge on any atom is 0.220 e. The molecule has 26 heavy (non-hydrogen) atoms. The smallest absolute Gasteiger partial charge is 0.220 e. The van der Waals surface area contributed by atoms with Crippen LogP contribution in [0.1, 0.15) is 24.2 Å². The van der Waals surface area contributed by atoms with Crippen LogP contribution in [-0.2, 0) is 24.7 Å².